The third-order valence-electron chi connectivity index (χ3n) is 4.92. The smallest absolute Gasteiger partial charge is 0.317 e. The van der Waals surface area contributed by atoms with Crippen LogP contribution in [0.15, 0.2) is 24.3 Å². The van der Waals surface area contributed by atoms with E-state index in [9.17, 15) is 9.59 Å². The van der Waals surface area contributed by atoms with Gasteiger partial charge in [0.05, 0.1) is 12.5 Å². The summed E-state index contributed by atoms with van der Waals surface area (Å²) in [4.78, 5) is 26.9. The Morgan fingerprint density at radius 1 is 1.26 bits per heavy atom. The number of likely N-dealkylation sites (tertiary alicyclic amines) is 1. The quantitative estimate of drug-likeness (QED) is 0.681. The van der Waals surface area contributed by atoms with Gasteiger partial charge < -0.3 is 25.0 Å². The second-order valence-corrected chi connectivity index (χ2v) is 7.20. The summed E-state index contributed by atoms with van der Waals surface area (Å²) in [6.07, 6.45) is 2.35. The molecule has 1 aromatic rings. The van der Waals surface area contributed by atoms with E-state index in [-0.39, 0.29) is 11.9 Å². The van der Waals surface area contributed by atoms with Crippen LogP contribution >= 0.6 is 0 Å². The van der Waals surface area contributed by atoms with Gasteiger partial charge in [0, 0.05) is 39.9 Å². The molecule has 1 aromatic carbocycles. The number of hydrogen-bond donors (Lipinski definition) is 2. The first-order valence-electron chi connectivity index (χ1n) is 9.41. The van der Waals surface area contributed by atoms with Crippen LogP contribution in [0.5, 0.6) is 5.75 Å². The van der Waals surface area contributed by atoms with Crippen molar-refractivity contribution >= 4 is 11.9 Å². The third-order valence-corrected chi connectivity index (χ3v) is 4.92. The van der Waals surface area contributed by atoms with Crippen molar-refractivity contribution in [2.45, 2.75) is 32.7 Å². The van der Waals surface area contributed by atoms with Crippen LogP contribution in [0, 0.1) is 5.41 Å². The second-order valence-electron chi connectivity index (χ2n) is 7.20. The van der Waals surface area contributed by atoms with Crippen LogP contribution in [0.25, 0.3) is 0 Å². The Balaban J connectivity index is 1.87. The molecule has 0 saturated carbocycles. The number of carbonyl (C=O) groups excluding carboxylic acids is 2. The Hall–Kier alpha value is -2.28. The maximum absolute atomic E-state index is 12.8. The normalized spacial score (nSPS) is 19.4. The summed E-state index contributed by atoms with van der Waals surface area (Å²) >= 11 is 0. The van der Waals surface area contributed by atoms with Crippen LogP contribution in [-0.2, 0) is 16.1 Å². The fourth-order valence-corrected chi connectivity index (χ4v) is 3.30. The lowest BCUT2D eigenvalue weighted by molar-refractivity contribution is -0.132. The number of methoxy groups -OCH3 is 2. The maximum Gasteiger partial charge on any atom is 0.317 e. The zero-order valence-electron chi connectivity index (χ0n) is 16.5. The molecule has 1 fully saturated rings. The standard InChI is InChI=1S/C20H31N3O4/c1-20(18(24)22-14-16-7-4-8-17(13-16)27-3)9-5-11-23(15-20)19(25)21-10-6-12-26-2/h4,7-8,13H,5-6,9-12,14-15H2,1-3H3,(H,21,25)(H,22,24). The molecule has 1 aliphatic heterocycles. The van der Waals surface area contributed by atoms with Crippen molar-refractivity contribution in [1.82, 2.24) is 15.5 Å². The van der Waals surface area contributed by atoms with Gasteiger partial charge in [-0.25, -0.2) is 4.79 Å². The molecule has 0 aromatic heterocycles. The first-order valence-corrected chi connectivity index (χ1v) is 9.41. The van der Waals surface area contributed by atoms with E-state index in [0.717, 1.165) is 30.6 Å². The molecule has 1 aliphatic rings. The number of ether oxygens (including phenoxy) is 2. The van der Waals surface area contributed by atoms with Crippen LogP contribution < -0.4 is 15.4 Å². The first kappa shape index (κ1) is 21.0. The van der Waals surface area contributed by atoms with E-state index in [2.05, 4.69) is 10.6 Å². The van der Waals surface area contributed by atoms with Crippen molar-refractivity contribution < 1.29 is 19.1 Å². The number of benzene rings is 1. The van der Waals surface area contributed by atoms with Gasteiger partial charge in [-0.05, 0) is 43.9 Å². The third kappa shape index (κ3) is 6.13. The van der Waals surface area contributed by atoms with E-state index < -0.39 is 5.41 Å². The molecule has 3 amide bonds. The van der Waals surface area contributed by atoms with Crippen molar-refractivity contribution in [3.8, 4) is 5.75 Å². The molecule has 1 atom stereocenters. The largest absolute Gasteiger partial charge is 0.497 e. The maximum atomic E-state index is 12.8. The fourth-order valence-electron chi connectivity index (χ4n) is 3.30. The molecular weight excluding hydrogens is 346 g/mol. The highest BCUT2D eigenvalue weighted by atomic mass is 16.5. The summed E-state index contributed by atoms with van der Waals surface area (Å²) in [5, 5.41) is 5.91. The van der Waals surface area contributed by atoms with Gasteiger partial charge in [0.15, 0.2) is 0 Å². The lowest BCUT2D eigenvalue weighted by atomic mass is 9.81. The molecule has 7 heteroatoms. The number of carbonyl (C=O) groups is 2. The van der Waals surface area contributed by atoms with Crippen LogP contribution in [0.3, 0.4) is 0 Å². The van der Waals surface area contributed by atoms with Crippen LogP contribution in [0.2, 0.25) is 0 Å². The van der Waals surface area contributed by atoms with Gasteiger partial charge in [0.25, 0.3) is 0 Å². The Labute approximate surface area is 161 Å². The van der Waals surface area contributed by atoms with Gasteiger partial charge in [0.2, 0.25) is 5.91 Å². The highest BCUT2D eigenvalue weighted by Gasteiger charge is 2.39. The van der Waals surface area contributed by atoms with Gasteiger partial charge in [-0.2, -0.15) is 0 Å². The summed E-state index contributed by atoms with van der Waals surface area (Å²) < 4.78 is 10.2. The average molecular weight is 377 g/mol. The molecule has 2 N–H and O–H groups in total. The molecule has 7 nitrogen and oxygen atoms in total. The van der Waals surface area contributed by atoms with Crippen LogP contribution in [-0.4, -0.2) is 57.3 Å². The SMILES string of the molecule is COCCCNC(=O)N1CCCC(C)(C(=O)NCc2cccc(OC)c2)C1. The summed E-state index contributed by atoms with van der Waals surface area (Å²) in [6, 6.07) is 7.52. The van der Waals surface area contributed by atoms with Crippen LogP contribution in [0.4, 0.5) is 4.79 Å². The van der Waals surface area contributed by atoms with Crippen molar-refractivity contribution in [1.29, 1.82) is 0 Å². The lowest BCUT2D eigenvalue weighted by Gasteiger charge is -2.39. The van der Waals surface area contributed by atoms with E-state index in [1.165, 1.54) is 0 Å². The zero-order chi connectivity index (χ0) is 19.7. The van der Waals surface area contributed by atoms with Gasteiger partial charge >= 0.3 is 6.03 Å². The van der Waals surface area contributed by atoms with Gasteiger partial charge in [-0.3, -0.25) is 4.79 Å². The molecule has 0 spiro atoms. The molecule has 2 rings (SSSR count). The molecule has 0 bridgehead atoms. The number of amides is 3. The predicted molar refractivity (Wildman–Crippen MR) is 104 cm³/mol. The van der Waals surface area contributed by atoms with Gasteiger partial charge in [-0.15, -0.1) is 0 Å². The number of urea groups is 1. The summed E-state index contributed by atoms with van der Waals surface area (Å²) in [6.45, 7) is 4.65. The number of nitrogens with one attached hydrogen (secondary N) is 2. The minimum Gasteiger partial charge on any atom is -0.497 e. The summed E-state index contributed by atoms with van der Waals surface area (Å²) in [7, 11) is 3.26. The minimum absolute atomic E-state index is 0.0257. The molecule has 0 radical (unpaired) electrons. The van der Waals surface area contributed by atoms with Crippen molar-refractivity contribution in [3.05, 3.63) is 29.8 Å². The molecule has 0 aliphatic carbocycles. The van der Waals surface area contributed by atoms with E-state index in [1.54, 1.807) is 19.1 Å². The average Bonchev–Trinajstić information content (AvgIpc) is 2.69. The Morgan fingerprint density at radius 3 is 2.81 bits per heavy atom. The highest BCUT2D eigenvalue weighted by Crippen LogP contribution is 2.30. The topological polar surface area (TPSA) is 79.9 Å². The summed E-state index contributed by atoms with van der Waals surface area (Å²) in [5.41, 5.74) is 0.399. The predicted octanol–water partition coefficient (Wildman–Crippen LogP) is 2.16. The summed E-state index contributed by atoms with van der Waals surface area (Å²) in [5.74, 6) is 0.740. The van der Waals surface area contributed by atoms with E-state index >= 15 is 0 Å². The molecule has 1 heterocycles. The Kier molecular flexibility index (Phi) is 7.91. The van der Waals surface area contributed by atoms with Crippen molar-refractivity contribution in [2.75, 3.05) is 40.5 Å². The van der Waals surface area contributed by atoms with E-state index in [4.69, 9.17) is 9.47 Å². The Bertz CT molecular complexity index is 637. The second kappa shape index (κ2) is 10.2. The van der Waals surface area contributed by atoms with Gasteiger partial charge in [-0.1, -0.05) is 12.1 Å². The minimum atomic E-state index is -0.582. The van der Waals surface area contributed by atoms with Crippen molar-refractivity contribution in [2.24, 2.45) is 5.41 Å². The zero-order valence-corrected chi connectivity index (χ0v) is 16.5. The number of nitrogens with zero attached hydrogens (tertiary/aromatic N) is 1. The monoisotopic (exact) mass is 377 g/mol. The van der Waals surface area contributed by atoms with Crippen LogP contribution in [0.1, 0.15) is 31.7 Å². The number of rotatable bonds is 8. The molecule has 27 heavy (non-hydrogen) atoms. The molecule has 150 valence electrons. The highest BCUT2D eigenvalue weighted by molar-refractivity contribution is 5.84. The first-order chi connectivity index (χ1) is 13.0. The molecule has 1 saturated heterocycles. The molecular formula is C20H31N3O4. The Morgan fingerprint density at radius 2 is 2.07 bits per heavy atom. The fraction of sp³-hybridized carbons (Fsp3) is 0.600. The molecule has 1 unspecified atom stereocenters. The van der Waals surface area contributed by atoms with E-state index in [1.807, 2.05) is 31.2 Å². The number of piperidine rings is 1. The van der Waals surface area contributed by atoms with E-state index in [0.29, 0.717) is 32.8 Å². The van der Waals surface area contributed by atoms with Gasteiger partial charge in [0.1, 0.15) is 5.75 Å². The van der Waals surface area contributed by atoms with Crippen molar-refractivity contribution in [3.63, 3.8) is 0 Å². The lowest BCUT2D eigenvalue weighted by Crippen LogP contribution is -2.54. The number of hydrogen-bond acceptors (Lipinski definition) is 4.